The summed E-state index contributed by atoms with van der Waals surface area (Å²) in [5, 5.41) is 3.28. The van der Waals surface area contributed by atoms with E-state index in [4.69, 9.17) is 0 Å². The van der Waals surface area contributed by atoms with E-state index in [1.807, 2.05) is 17.0 Å². The van der Waals surface area contributed by atoms with Gasteiger partial charge in [0, 0.05) is 38.4 Å². The molecule has 7 heteroatoms. The van der Waals surface area contributed by atoms with E-state index in [9.17, 15) is 13.2 Å². The van der Waals surface area contributed by atoms with Crippen LogP contribution in [0, 0.1) is 5.92 Å². The SMILES string of the molecule is CN1CCC(C(=O)N2CCNCC2)CC1.CS(=O)(=O)c1ccc(C2CCCCC2)cc1. The maximum absolute atomic E-state index is 12.1. The summed E-state index contributed by atoms with van der Waals surface area (Å²) in [5.41, 5.74) is 1.30. The Kier molecular flexibility index (Phi) is 8.93. The Bertz CT molecular complexity index is 790. The molecular weight excluding hydrogens is 410 g/mol. The average Bonchev–Trinajstić information content (AvgIpc) is 2.80. The molecule has 2 saturated heterocycles. The fourth-order valence-corrected chi connectivity index (χ4v) is 5.45. The number of rotatable bonds is 3. The van der Waals surface area contributed by atoms with Crippen molar-refractivity contribution in [2.45, 2.75) is 55.8 Å². The highest BCUT2D eigenvalue weighted by molar-refractivity contribution is 7.90. The summed E-state index contributed by atoms with van der Waals surface area (Å²) in [6, 6.07) is 7.43. The fourth-order valence-electron chi connectivity index (χ4n) is 4.82. The molecule has 2 aliphatic heterocycles. The van der Waals surface area contributed by atoms with Crippen molar-refractivity contribution in [3.8, 4) is 0 Å². The van der Waals surface area contributed by atoms with Gasteiger partial charge in [-0.15, -0.1) is 0 Å². The molecule has 0 spiro atoms. The quantitative estimate of drug-likeness (QED) is 0.768. The van der Waals surface area contributed by atoms with E-state index in [1.165, 1.54) is 43.9 Å². The molecule has 6 nitrogen and oxygen atoms in total. The lowest BCUT2D eigenvalue weighted by Crippen LogP contribution is -2.49. The zero-order valence-corrected chi connectivity index (χ0v) is 20.0. The first-order valence-corrected chi connectivity index (χ1v) is 13.7. The maximum atomic E-state index is 12.1. The van der Waals surface area contributed by atoms with Gasteiger partial charge in [-0.25, -0.2) is 8.42 Å². The first-order chi connectivity index (χ1) is 14.8. The van der Waals surface area contributed by atoms with E-state index < -0.39 is 9.84 Å². The number of hydrogen-bond donors (Lipinski definition) is 1. The van der Waals surface area contributed by atoms with Gasteiger partial charge in [-0.05, 0) is 69.4 Å². The number of carbonyl (C=O) groups excluding carboxylic acids is 1. The Balaban J connectivity index is 0.000000176. The second kappa shape index (κ2) is 11.4. The third kappa shape index (κ3) is 7.29. The minimum atomic E-state index is -3.05. The van der Waals surface area contributed by atoms with Crippen molar-refractivity contribution in [2.24, 2.45) is 5.92 Å². The van der Waals surface area contributed by atoms with Crippen LogP contribution in [0.25, 0.3) is 0 Å². The molecular formula is C24H39N3O3S. The van der Waals surface area contributed by atoms with Crippen LogP contribution in [0.1, 0.15) is 56.4 Å². The van der Waals surface area contributed by atoms with Crippen LogP contribution < -0.4 is 5.32 Å². The maximum Gasteiger partial charge on any atom is 0.225 e. The summed E-state index contributed by atoms with van der Waals surface area (Å²) < 4.78 is 22.6. The van der Waals surface area contributed by atoms with Gasteiger partial charge in [0.2, 0.25) is 5.91 Å². The van der Waals surface area contributed by atoms with Crippen LogP contribution in [0.3, 0.4) is 0 Å². The Labute approximate surface area is 188 Å². The van der Waals surface area contributed by atoms with Gasteiger partial charge in [-0.1, -0.05) is 31.4 Å². The summed E-state index contributed by atoms with van der Waals surface area (Å²) in [7, 11) is -0.920. The number of piperidine rings is 1. The largest absolute Gasteiger partial charge is 0.340 e. The van der Waals surface area contributed by atoms with Gasteiger partial charge in [-0.3, -0.25) is 4.79 Å². The molecule has 1 aromatic carbocycles. The topological polar surface area (TPSA) is 69.7 Å². The van der Waals surface area contributed by atoms with Gasteiger partial charge < -0.3 is 15.1 Å². The summed E-state index contributed by atoms with van der Waals surface area (Å²) in [4.78, 5) is 16.9. The van der Waals surface area contributed by atoms with Crippen LogP contribution in [-0.4, -0.2) is 76.7 Å². The molecule has 1 saturated carbocycles. The molecule has 31 heavy (non-hydrogen) atoms. The van der Waals surface area contributed by atoms with E-state index in [2.05, 4.69) is 17.3 Å². The van der Waals surface area contributed by atoms with Crippen molar-refractivity contribution in [3.63, 3.8) is 0 Å². The van der Waals surface area contributed by atoms with Crippen molar-refractivity contribution >= 4 is 15.7 Å². The molecule has 0 aromatic heterocycles. The molecule has 3 aliphatic rings. The molecule has 0 radical (unpaired) electrons. The predicted molar refractivity (Wildman–Crippen MR) is 125 cm³/mol. The fraction of sp³-hybridized carbons (Fsp3) is 0.708. The van der Waals surface area contributed by atoms with Crippen LogP contribution in [0.4, 0.5) is 0 Å². The predicted octanol–water partition coefficient (Wildman–Crippen LogP) is 2.90. The van der Waals surface area contributed by atoms with Gasteiger partial charge >= 0.3 is 0 Å². The molecule has 1 aromatic rings. The molecule has 0 atom stereocenters. The summed E-state index contributed by atoms with van der Waals surface area (Å²) in [6.07, 6.45) is 9.78. The Morgan fingerprint density at radius 1 is 0.903 bits per heavy atom. The lowest BCUT2D eigenvalue weighted by atomic mass is 9.84. The highest BCUT2D eigenvalue weighted by Crippen LogP contribution is 2.32. The minimum Gasteiger partial charge on any atom is -0.340 e. The van der Waals surface area contributed by atoms with Crippen molar-refractivity contribution in [1.29, 1.82) is 0 Å². The third-order valence-corrected chi connectivity index (χ3v) is 8.01. The summed E-state index contributed by atoms with van der Waals surface area (Å²) in [6.45, 7) is 5.85. The van der Waals surface area contributed by atoms with Crippen molar-refractivity contribution in [1.82, 2.24) is 15.1 Å². The summed E-state index contributed by atoms with van der Waals surface area (Å²) >= 11 is 0. The van der Waals surface area contributed by atoms with Crippen LogP contribution in [0.15, 0.2) is 29.2 Å². The van der Waals surface area contributed by atoms with Crippen molar-refractivity contribution < 1.29 is 13.2 Å². The standard InChI is InChI=1S/C13H18O2S.C11H21N3O/c1-16(14,15)13-9-7-12(8-10-13)11-5-3-2-4-6-11;1-13-6-2-10(3-7-13)11(15)14-8-4-12-5-9-14/h7-11H,2-6H2,1H3;10,12H,2-9H2,1H3. The molecule has 1 N–H and O–H groups in total. The summed E-state index contributed by atoms with van der Waals surface area (Å²) in [5.74, 6) is 1.33. The zero-order chi connectivity index (χ0) is 22.3. The van der Waals surface area contributed by atoms with Gasteiger partial charge in [0.05, 0.1) is 4.90 Å². The van der Waals surface area contributed by atoms with E-state index in [0.29, 0.717) is 22.6 Å². The van der Waals surface area contributed by atoms with Gasteiger partial charge in [0.1, 0.15) is 0 Å². The number of sulfone groups is 1. The van der Waals surface area contributed by atoms with Crippen molar-refractivity contribution in [2.75, 3.05) is 52.6 Å². The van der Waals surface area contributed by atoms with Crippen LogP contribution >= 0.6 is 0 Å². The number of piperazine rings is 1. The minimum absolute atomic E-state index is 0.291. The number of likely N-dealkylation sites (tertiary alicyclic amines) is 1. The van der Waals surface area contributed by atoms with Crippen LogP contribution in [0.2, 0.25) is 0 Å². The molecule has 0 bridgehead atoms. The van der Waals surface area contributed by atoms with E-state index in [-0.39, 0.29) is 0 Å². The Morgan fingerprint density at radius 3 is 2.03 bits per heavy atom. The van der Waals surface area contributed by atoms with Crippen molar-refractivity contribution in [3.05, 3.63) is 29.8 Å². The lowest BCUT2D eigenvalue weighted by Gasteiger charge is -2.34. The number of nitrogens with one attached hydrogen (secondary N) is 1. The highest BCUT2D eigenvalue weighted by atomic mass is 32.2. The molecule has 1 amide bonds. The number of hydrogen-bond acceptors (Lipinski definition) is 5. The van der Waals surface area contributed by atoms with E-state index >= 15 is 0 Å². The number of carbonyl (C=O) groups is 1. The second-order valence-corrected chi connectivity index (χ2v) is 11.3. The monoisotopic (exact) mass is 449 g/mol. The highest BCUT2D eigenvalue weighted by Gasteiger charge is 2.27. The number of nitrogens with zero attached hydrogens (tertiary/aromatic N) is 2. The average molecular weight is 450 g/mol. The first-order valence-electron chi connectivity index (χ1n) is 11.8. The molecule has 2 heterocycles. The zero-order valence-electron chi connectivity index (χ0n) is 19.2. The Morgan fingerprint density at radius 2 is 1.48 bits per heavy atom. The second-order valence-electron chi connectivity index (χ2n) is 9.33. The molecule has 1 aliphatic carbocycles. The molecule has 4 rings (SSSR count). The first kappa shape index (κ1) is 24.2. The Hall–Kier alpha value is -1.44. The number of benzene rings is 1. The lowest BCUT2D eigenvalue weighted by molar-refractivity contribution is -0.137. The smallest absolute Gasteiger partial charge is 0.225 e. The van der Waals surface area contributed by atoms with Gasteiger partial charge in [-0.2, -0.15) is 0 Å². The van der Waals surface area contributed by atoms with Gasteiger partial charge in [0.25, 0.3) is 0 Å². The third-order valence-electron chi connectivity index (χ3n) is 6.88. The normalized spacial score (nSPS) is 21.9. The molecule has 3 fully saturated rings. The van der Waals surface area contributed by atoms with Crippen LogP contribution in [-0.2, 0) is 14.6 Å². The molecule has 174 valence electrons. The molecule has 0 unspecified atom stereocenters. The van der Waals surface area contributed by atoms with Gasteiger partial charge in [0.15, 0.2) is 9.84 Å². The van der Waals surface area contributed by atoms with E-state index in [0.717, 1.165) is 52.1 Å². The van der Waals surface area contributed by atoms with Crippen LogP contribution in [0.5, 0.6) is 0 Å². The number of amides is 1. The van der Waals surface area contributed by atoms with E-state index in [1.54, 1.807) is 12.1 Å².